The Morgan fingerprint density at radius 2 is 1.62 bits per heavy atom. The van der Waals surface area contributed by atoms with Gasteiger partial charge in [-0.25, -0.2) is 18.0 Å². The molecule has 1 aliphatic rings. The number of alkyl halides is 3. The number of fused-ring (bicyclic) bond motifs is 1. The molecule has 3 amide bonds. The van der Waals surface area contributed by atoms with Gasteiger partial charge in [0.15, 0.2) is 11.6 Å². The molecule has 0 bridgehead atoms. The monoisotopic (exact) mass is 579 g/mol. The smallest absolute Gasteiger partial charge is 0.444 e. The zero-order chi connectivity index (χ0) is 29.8. The number of amides is 3. The van der Waals surface area contributed by atoms with E-state index in [0.29, 0.717) is 12.1 Å². The third-order valence-corrected chi connectivity index (χ3v) is 5.50. The van der Waals surface area contributed by atoms with Gasteiger partial charge in [0, 0.05) is 31.6 Å². The lowest BCUT2D eigenvalue weighted by atomic mass is 10.0. The van der Waals surface area contributed by atoms with Crippen molar-refractivity contribution < 1.29 is 45.5 Å². The molecular weight excluding hydrogens is 552 g/mol. The largest absolute Gasteiger partial charge is 0.451 e. The van der Waals surface area contributed by atoms with Gasteiger partial charge in [-0.2, -0.15) is 13.2 Å². The number of hydrogen-bond acceptors (Lipinski definition) is 7. The molecule has 1 aliphatic heterocycles. The van der Waals surface area contributed by atoms with Gasteiger partial charge in [0.25, 0.3) is 5.91 Å². The predicted octanol–water partition coefficient (Wildman–Crippen LogP) is 2.20. The summed E-state index contributed by atoms with van der Waals surface area (Å²) in [4.78, 5) is 38.5. The molecule has 2 heterocycles. The zero-order valence-corrected chi connectivity index (χ0v) is 21.7. The third-order valence-electron chi connectivity index (χ3n) is 5.50. The lowest BCUT2D eigenvalue weighted by Gasteiger charge is -2.27. The van der Waals surface area contributed by atoms with Gasteiger partial charge in [-0.1, -0.05) is 0 Å². The Bertz CT molecular complexity index is 1260. The van der Waals surface area contributed by atoms with Crippen LogP contribution in [0.5, 0.6) is 0 Å². The Morgan fingerprint density at radius 3 is 2.27 bits per heavy atom. The highest BCUT2D eigenvalue weighted by Crippen LogP contribution is 2.29. The standard InChI is InChI=1S/C23H27F6N7O4/c1-22(2,3)40-21(39)30-13(6-12-7-15(25)16(26)9-14(12)24)8-18(37)32-33-19(38)11-35-4-5-36-17(10-35)31-34-20(36)23(27,28)29/h7,9,13H,4-6,8,10-11H2,1-3H3,(H,30,39)(H,32,37)(H,33,38)/t13-/m1/s1. The Hall–Kier alpha value is -3.89. The molecular formula is C23H27F6N7O4. The van der Waals surface area contributed by atoms with Crippen LogP contribution in [0.25, 0.3) is 0 Å². The number of rotatable bonds is 7. The van der Waals surface area contributed by atoms with Gasteiger partial charge in [0.05, 0.1) is 13.1 Å². The quantitative estimate of drug-likeness (QED) is 0.261. The summed E-state index contributed by atoms with van der Waals surface area (Å²) in [5, 5.41) is 9.04. The molecule has 11 nitrogen and oxygen atoms in total. The van der Waals surface area contributed by atoms with Gasteiger partial charge in [-0.05, 0) is 38.8 Å². The summed E-state index contributed by atoms with van der Waals surface area (Å²) < 4.78 is 86.1. The fraction of sp³-hybridized carbons (Fsp3) is 0.522. The van der Waals surface area contributed by atoms with Gasteiger partial charge in [-0.3, -0.25) is 25.3 Å². The lowest BCUT2D eigenvalue weighted by Crippen LogP contribution is -2.50. The molecule has 3 N–H and O–H groups in total. The molecule has 1 atom stereocenters. The summed E-state index contributed by atoms with van der Waals surface area (Å²) >= 11 is 0. The third kappa shape index (κ3) is 8.56. The van der Waals surface area contributed by atoms with Gasteiger partial charge in [-0.15, -0.1) is 10.2 Å². The van der Waals surface area contributed by atoms with Crippen LogP contribution < -0.4 is 16.2 Å². The molecule has 1 aromatic carbocycles. The van der Waals surface area contributed by atoms with Crippen molar-refractivity contribution in [3.05, 3.63) is 46.8 Å². The fourth-order valence-corrected chi connectivity index (χ4v) is 3.84. The molecule has 2 aromatic rings. The van der Waals surface area contributed by atoms with E-state index in [1.54, 1.807) is 20.8 Å². The van der Waals surface area contributed by atoms with E-state index in [1.165, 1.54) is 4.90 Å². The van der Waals surface area contributed by atoms with Crippen LogP contribution in [0.4, 0.5) is 31.1 Å². The van der Waals surface area contributed by atoms with E-state index >= 15 is 0 Å². The van der Waals surface area contributed by atoms with E-state index in [9.17, 15) is 40.7 Å². The minimum Gasteiger partial charge on any atom is -0.444 e. The van der Waals surface area contributed by atoms with E-state index in [0.717, 1.165) is 4.57 Å². The van der Waals surface area contributed by atoms with Crippen molar-refractivity contribution >= 4 is 17.9 Å². The molecule has 40 heavy (non-hydrogen) atoms. The maximum atomic E-state index is 14.2. The van der Waals surface area contributed by atoms with Crippen molar-refractivity contribution in [2.24, 2.45) is 0 Å². The number of nitrogens with one attached hydrogen (secondary N) is 3. The predicted molar refractivity (Wildman–Crippen MR) is 124 cm³/mol. The highest BCUT2D eigenvalue weighted by Gasteiger charge is 2.39. The first kappa shape index (κ1) is 30.6. The maximum Gasteiger partial charge on any atom is 0.451 e. The molecule has 0 saturated heterocycles. The number of halogens is 6. The van der Waals surface area contributed by atoms with Crippen molar-refractivity contribution in [1.82, 2.24) is 35.8 Å². The van der Waals surface area contributed by atoms with Crippen LogP contribution in [-0.2, 0) is 40.0 Å². The summed E-state index contributed by atoms with van der Waals surface area (Å²) in [6.45, 7) is 4.34. The zero-order valence-electron chi connectivity index (χ0n) is 21.7. The second-order valence-corrected chi connectivity index (χ2v) is 10.0. The van der Waals surface area contributed by atoms with E-state index in [4.69, 9.17) is 4.74 Å². The van der Waals surface area contributed by atoms with E-state index in [1.807, 2.05) is 0 Å². The number of nitrogens with zero attached hydrogens (tertiary/aromatic N) is 4. The summed E-state index contributed by atoms with van der Waals surface area (Å²) in [5.74, 6) is -6.47. The second kappa shape index (κ2) is 12.1. The average Bonchev–Trinajstić information content (AvgIpc) is 3.24. The fourth-order valence-electron chi connectivity index (χ4n) is 3.84. The molecule has 0 spiro atoms. The number of carbonyl (C=O) groups is 3. The van der Waals surface area contributed by atoms with Gasteiger partial charge in [0.2, 0.25) is 11.7 Å². The molecule has 0 aliphatic carbocycles. The van der Waals surface area contributed by atoms with Crippen LogP contribution in [-0.4, -0.2) is 62.3 Å². The molecule has 0 saturated carbocycles. The minimum absolute atomic E-state index is 0.0240. The Morgan fingerprint density at radius 1 is 0.975 bits per heavy atom. The first-order valence-corrected chi connectivity index (χ1v) is 11.9. The topological polar surface area (TPSA) is 130 Å². The van der Waals surface area contributed by atoms with Gasteiger partial charge >= 0.3 is 12.3 Å². The van der Waals surface area contributed by atoms with Crippen LogP contribution >= 0.6 is 0 Å². The summed E-state index contributed by atoms with van der Waals surface area (Å²) in [6.07, 6.45) is -6.56. The van der Waals surface area contributed by atoms with E-state index in [-0.39, 0.29) is 37.6 Å². The van der Waals surface area contributed by atoms with Gasteiger partial charge < -0.3 is 14.6 Å². The summed E-state index contributed by atoms with van der Waals surface area (Å²) in [6, 6.07) is -0.212. The maximum absolute atomic E-state index is 14.2. The normalized spacial score (nSPS) is 14.7. The van der Waals surface area contributed by atoms with Crippen LogP contribution in [0.1, 0.15) is 44.4 Å². The SMILES string of the molecule is CC(C)(C)OC(=O)N[C@@H](CC(=O)NNC(=O)CN1CCn2c(nnc2C(F)(F)F)C1)Cc1cc(F)c(F)cc1F. The average molecular weight is 580 g/mol. The van der Waals surface area contributed by atoms with Crippen molar-refractivity contribution in [3.63, 3.8) is 0 Å². The number of benzene rings is 1. The number of carbonyl (C=O) groups excluding carboxylic acids is 3. The van der Waals surface area contributed by atoms with Crippen LogP contribution in [0.2, 0.25) is 0 Å². The highest BCUT2D eigenvalue weighted by atomic mass is 19.4. The first-order valence-electron chi connectivity index (χ1n) is 11.9. The Balaban J connectivity index is 1.57. The van der Waals surface area contributed by atoms with Crippen molar-refractivity contribution in [3.8, 4) is 0 Å². The summed E-state index contributed by atoms with van der Waals surface area (Å²) in [5.41, 5.74) is 3.04. The van der Waals surface area contributed by atoms with Crippen molar-refractivity contribution in [1.29, 1.82) is 0 Å². The van der Waals surface area contributed by atoms with Crippen LogP contribution in [0.3, 0.4) is 0 Å². The van der Waals surface area contributed by atoms with Crippen molar-refractivity contribution in [2.45, 2.75) is 64.5 Å². The number of aromatic nitrogens is 3. The number of hydrazine groups is 1. The summed E-state index contributed by atoms with van der Waals surface area (Å²) in [7, 11) is 0. The number of hydrogen-bond donors (Lipinski definition) is 3. The van der Waals surface area contributed by atoms with Gasteiger partial charge in [0.1, 0.15) is 17.2 Å². The lowest BCUT2D eigenvalue weighted by molar-refractivity contribution is -0.148. The molecule has 17 heteroatoms. The Labute approximate surface area is 224 Å². The highest BCUT2D eigenvalue weighted by molar-refractivity contribution is 5.83. The molecule has 3 rings (SSSR count). The number of alkyl carbamates (subject to hydrolysis) is 1. The van der Waals surface area contributed by atoms with Crippen molar-refractivity contribution in [2.75, 3.05) is 13.1 Å². The minimum atomic E-state index is -4.66. The van der Waals surface area contributed by atoms with Crippen LogP contribution in [0, 0.1) is 17.5 Å². The first-order chi connectivity index (χ1) is 18.5. The second-order valence-electron chi connectivity index (χ2n) is 10.0. The molecule has 0 radical (unpaired) electrons. The van der Waals surface area contributed by atoms with E-state index in [2.05, 4.69) is 26.4 Å². The van der Waals surface area contributed by atoms with Crippen LogP contribution in [0.15, 0.2) is 12.1 Å². The molecule has 0 fully saturated rings. The molecule has 0 unspecified atom stereocenters. The molecule has 1 aromatic heterocycles. The van der Waals surface area contributed by atoms with E-state index < -0.39 is 71.8 Å². The molecule has 220 valence electrons. The number of ether oxygens (including phenoxy) is 1. The Kier molecular flexibility index (Phi) is 9.27.